The molecule has 0 unspecified atom stereocenters. The summed E-state index contributed by atoms with van der Waals surface area (Å²) in [6.45, 7) is 3.30. The van der Waals surface area contributed by atoms with Gasteiger partial charge < -0.3 is 5.11 Å². The van der Waals surface area contributed by atoms with E-state index in [0.29, 0.717) is 6.42 Å². The maximum Gasteiger partial charge on any atom is 0.230 e. The third-order valence-electron chi connectivity index (χ3n) is 0.899. The van der Waals surface area contributed by atoms with E-state index in [1.165, 1.54) is 18.2 Å². The van der Waals surface area contributed by atoms with Crippen molar-refractivity contribution in [2.24, 2.45) is 0 Å². The fraction of sp³-hybridized carbons (Fsp3) is 0.143. The number of hydrogen-bond acceptors (Lipinski definition) is 3. The Bertz CT molecular complexity index is 206. The van der Waals surface area contributed by atoms with Crippen LogP contribution in [0.3, 0.4) is 0 Å². The summed E-state index contributed by atoms with van der Waals surface area (Å²) in [6.07, 6.45) is 5.18. The molecule has 0 saturated heterocycles. The molecule has 0 heterocycles. The summed E-state index contributed by atoms with van der Waals surface area (Å²) in [5, 5.41) is 18.5. The van der Waals surface area contributed by atoms with E-state index < -0.39 is 4.92 Å². The van der Waals surface area contributed by atoms with E-state index in [-0.39, 0.29) is 5.76 Å². The first kappa shape index (κ1) is 9.42. The van der Waals surface area contributed by atoms with Crippen molar-refractivity contribution in [2.75, 3.05) is 0 Å². The van der Waals surface area contributed by atoms with E-state index in [1.807, 2.05) is 0 Å². The van der Waals surface area contributed by atoms with Crippen LogP contribution in [0, 0.1) is 10.1 Å². The summed E-state index contributed by atoms with van der Waals surface area (Å²) in [4.78, 5) is 9.17. The first-order valence-electron chi connectivity index (χ1n) is 2.98. The van der Waals surface area contributed by atoms with Gasteiger partial charge in [-0.2, -0.15) is 0 Å². The summed E-state index contributed by atoms with van der Waals surface area (Å²) in [5.41, 5.74) is 0. The minimum absolute atomic E-state index is 0.0259. The molecule has 0 atom stereocenters. The molecule has 0 bridgehead atoms. The molecule has 0 saturated carbocycles. The monoisotopic (exact) mass is 155 g/mol. The van der Waals surface area contributed by atoms with Crippen molar-refractivity contribution in [2.45, 2.75) is 6.42 Å². The summed E-state index contributed by atoms with van der Waals surface area (Å²) in [6, 6.07) is 0. The zero-order chi connectivity index (χ0) is 8.69. The lowest BCUT2D eigenvalue weighted by molar-refractivity contribution is -0.402. The Balaban J connectivity index is 3.72. The van der Waals surface area contributed by atoms with Gasteiger partial charge in [0.05, 0.1) is 4.92 Å². The van der Waals surface area contributed by atoms with Crippen molar-refractivity contribution in [3.8, 4) is 0 Å². The lowest BCUT2D eigenvalue weighted by atomic mass is 10.3. The van der Waals surface area contributed by atoms with Crippen LogP contribution < -0.4 is 0 Å². The van der Waals surface area contributed by atoms with E-state index in [4.69, 9.17) is 5.11 Å². The highest BCUT2D eigenvalue weighted by Crippen LogP contribution is 1.93. The van der Waals surface area contributed by atoms with E-state index in [0.717, 1.165) is 6.20 Å². The maximum absolute atomic E-state index is 9.73. The minimum atomic E-state index is -0.557. The van der Waals surface area contributed by atoms with Gasteiger partial charge in [-0.15, -0.1) is 0 Å². The SMILES string of the molecule is C=C/C(O)=C\C/C=C/[N+](=O)[O-]. The van der Waals surface area contributed by atoms with Crippen molar-refractivity contribution in [1.29, 1.82) is 0 Å². The Morgan fingerprint density at radius 3 is 2.82 bits per heavy atom. The van der Waals surface area contributed by atoms with Crippen LogP contribution in [0.25, 0.3) is 0 Å². The second-order valence-corrected chi connectivity index (χ2v) is 1.74. The van der Waals surface area contributed by atoms with Gasteiger partial charge in [-0.3, -0.25) is 10.1 Å². The average molecular weight is 155 g/mol. The summed E-state index contributed by atoms with van der Waals surface area (Å²) < 4.78 is 0. The fourth-order valence-corrected chi connectivity index (χ4v) is 0.419. The van der Waals surface area contributed by atoms with Gasteiger partial charge in [-0.1, -0.05) is 6.58 Å². The predicted octanol–water partition coefficient (Wildman–Crippen LogP) is 1.79. The number of allylic oxidation sites excluding steroid dienone is 3. The van der Waals surface area contributed by atoms with Crippen molar-refractivity contribution in [3.05, 3.63) is 46.9 Å². The first-order chi connectivity index (χ1) is 5.16. The topological polar surface area (TPSA) is 63.4 Å². The van der Waals surface area contributed by atoms with Crippen LogP contribution in [-0.4, -0.2) is 10.0 Å². The van der Waals surface area contributed by atoms with Crippen molar-refractivity contribution >= 4 is 0 Å². The van der Waals surface area contributed by atoms with Crippen molar-refractivity contribution in [3.63, 3.8) is 0 Å². The van der Waals surface area contributed by atoms with Crippen LogP contribution in [0.15, 0.2) is 36.8 Å². The highest BCUT2D eigenvalue weighted by molar-refractivity contribution is 5.07. The molecule has 11 heavy (non-hydrogen) atoms. The van der Waals surface area contributed by atoms with Crippen LogP contribution in [-0.2, 0) is 0 Å². The highest BCUT2D eigenvalue weighted by atomic mass is 16.6. The summed E-state index contributed by atoms with van der Waals surface area (Å²) >= 11 is 0. The number of hydrogen-bond donors (Lipinski definition) is 1. The Morgan fingerprint density at radius 1 is 1.73 bits per heavy atom. The van der Waals surface area contributed by atoms with Crippen LogP contribution in [0.4, 0.5) is 0 Å². The molecule has 4 nitrogen and oxygen atoms in total. The number of nitro groups is 1. The number of rotatable bonds is 4. The summed E-state index contributed by atoms with van der Waals surface area (Å²) in [7, 11) is 0. The molecule has 0 radical (unpaired) electrons. The minimum Gasteiger partial charge on any atom is -0.508 e. The molecule has 60 valence electrons. The number of aliphatic hydroxyl groups excluding tert-OH is 1. The van der Waals surface area contributed by atoms with Crippen LogP contribution in [0.1, 0.15) is 6.42 Å². The van der Waals surface area contributed by atoms with Crippen molar-refractivity contribution in [1.82, 2.24) is 0 Å². The van der Waals surface area contributed by atoms with Gasteiger partial charge in [0.25, 0.3) is 0 Å². The summed E-state index contributed by atoms with van der Waals surface area (Å²) in [5.74, 6) is 0.0259. The van der Waals surface area contributed by atoms with Gasteiger partial charge in [0.2, 0.25) is 6.20 Å². The lowest BCUT2D eigenvalue weighted by Crippen LogP contribution is -1.81. The molecule has 4 heteroatoms. The standard InChI is InChI=1S/C7H9NO3/c1-2-7(9)5-3-4-6-8(10)11/h2,4-6,9H,1,3H2/b6-4+,7-5+. The Morgan fingerprint density at radius 2 is 2.36 bits per heavy atom. The molecule has 0 amide bonds. The van der Waals surface area contributed by atoms with Gasteiger partial charge in [-0.05, 0) is 24.6 Å². The molecule has 0 spiro atoms. The lowest BCUT2D eigenvalue weighted by Gasteiger charge is -1.85. The molecule has 0 rings (SSSR count). The molecule has 0 aliphatic heterocycles. The van der Waals surface area contributed by atoms with Gasteiger partial charge in [0, 0.05) is 0 Å². The van der Waals surface area contributed by atoms with E-state index in [2.05, 4.69) is 6.58 Å². The fourth-order valence-electron chi connectivity index (χ4n) is 0.419. The van der Waals surface area contributed by atoms with Crippen LogP contribution >= 0.6 is 0 Å². The molecular formula is C7H9NO3. The predicted molar refractivity (Wildman–Crippen MR) is 41.7 cm³/mol. The Labute approximate surface area is 64.3 Å². The Hall–Kier alpha value is -1.58. The van der Waals surface area contributed by atoms with Gasteiger partial charge in [0.1, 0.15) is 5.76 Å². The third kappa shape index (κ3) is 6.30. The quantitative estimate of drug-likeness (QED) is 0.291. The zero-order valence-electron chi connectivity index (χ0n) is 5.93. The van der Waals surface area contributed by atoms with Crippen molar-refractivity contribution < 1.29 is 10.0 Å². The maximum atomic E-state index is 9.73. The van der Waals surface area contributed by atoms with E-state index in [1.54, 1.807) is 0 Å². The highest BCUT2D eigenvalue weighted by Gasteiger charge is 1.83. The van der Waals surface area contributed by atoms with Gasteiger partial charge in [-0.25, -0.2) is 0 Å². The average Bonchev–Trinajstić information content (AvgIpc) is 1.97. The molecular weight excluding hydrogens is 146 g/mol. The molecule has 0 fully saturated rings. The van der Waals surface area contributed by atoms with Gasteiger partial charge in [0.15, 0.2) is 0 Å². The largest absolute Gasteiger partial charge is 0.508 e. The molecule has 0 aliphatic carbocycles. The molecule has 0 aromatic rings. The second-order valence-electron chi connectivity index (χ2n) is 1.74. The third-order valence-corrected chi connectivity index (χ3v) is 0.899. The zero-order valence-corrected chi connectivity index (χ0v) is 5.93. The molecule has 1 N–H and O–H groups in total. The number of nitrogens with zero attached hydrogens (tertiary/aromatic N) is 1. The van der Waals surface area contributed by atoms with Gasteiger partial charge >= 0.3 is 0 Å². The van der Waals surface area contributed by atoms with Crippen LogP contribution in [0.2, 0.25) is 0 Å². The normalized spacial score (nSPS) is 11.8. The molecule has 0 aromatic carbocycles. The second kappa shape index (κ2) is 5.22. The van der Waals surface area contributed by atoms with E-state index in [9.17, 15) is 10.1 Å². The first-order valence-corrected chi connectivity index (χ1v) is 2.98. The number of aliphatic hydroxyl groups is 1. The molecule has 0 aromatic heterocycles. The smallest absolute Gasteiger partial charge is 0.230 e. The Kier molecular flexibility index (Phi) is 4.47. The van der Waals surface area contributed by atoms with E-state index >= 15 is 0 Å². The molecule has 0 aliphatic rings. The van der Waals surface area contributed by atoms with Crippen LogP contribution in [0.5, 0.6) is 0 Å².